The van der Waals surface area contributed by atoms with E-state index in [1.54, 1.807) is 12.1 Å². The van der Waals surface area contributed by atoms with Crippen LogP contribution in [0.5, 0.6) is 0 Å². The van der Waals surface area contributed by atoms with Crippen LogP contribution in [-0.2, 0) is 0 Å². The molecule has 4 heteroatoms. The summed E-state index contributed by atoms with van der Waals surface area (Å²) in [5.41, 5.74) is 4.70. The SMILES string of the molecule is Fc1ccc(-c2ccc(-c3nc(-c4ccccc4)c(-c4ccccc4)[nH]3)o2)cc1. The van der Waals surface area contributed by atoms with E-state index in [-0.39, 0.29) is 5.82 Å². The molecule has 2 aromatic heterocycles. The summed E-state index contributed by atoms with van der Waals surface area (Å²) < 4.78 is 19.2. The molecule has 0 aliphatic heterocycles. The first kappa shape index (κ1) is 17.2. The number of nitrogens with one attached hydrogen (secondary N) is 1. The minimum Gasteiger partial charge on any atom is -0.453 e. The van der Waals surface area contributed by atoms with Crippen molar-refractivity contribution in [1.29, 1.82) is 0 Å². The van der Waals surface area contributed by atoms with Gasteiger partial charge in [-0.05, 0) is 36.4 Å². The summed E-state index contributed by atoms with van der Waals surface area (Å²) in [6, 6.07) is 30.2. The lowest BCUT2D eigenvalue weighted by molar-refractivity contribution is 0.592. The number of furan rings is 1. The summed E-state index contributed by atoms with van der Waals surface area (Å²) in [5.74, 6) is 1.67. The lowest BCUT2D eigenvalue weighted by atomic mass is 10.1. The summed E-state index contributed by atoms with van der Waals surface area (Å²) in [4.78, 5) is 8.26. The average Bonchev–Trinajstić information content (AvgIpc) is 3.43. The Labute approximate surface area is 167 Å². The maximum absolute atomic E-state index is 13.2. The number of rotatable bonds is 4. The Hall–Kier alpha value is -3.92. The lowest BCUT2D eigenvalue weighted by Crippen LogP contribution is -1.82. The minimum absolute atomic E-state index is 0.272. The Kier molecular flexibility index (Phi) is 4.30. The fourth-order valence-electron chi connectivity index (χ4n) is 3.34. The number of halogens is 1. The van der Waals surface area contributed by atoms with Crippen LogP contribution >= 0.6 is 0 Å². The van der Waals surface area contributed by atoms with Gasteiger partial charge in [0, 0.05) is 16.7 Å². The van der Waals surface area contributed by atoms with Crippen LogP contribution in [0.4, 0.5) is 4.39 Å². The van der Waals surface area contributed by atoms with Crippen molar-refractivity contribution in [2.45, 2.75) is 0 Å². The smallest absolute Gasteiger partial charge is 0.174 e. The first-order valence-corrected chi connectivity index (χ1v) is 9.35. The van der Waals surface area contributed by atoms with Crippen LogP contribution in [-0.4, -0.2) is 9.97 Å². The quantitative estimate of drug-likeness (QED) is 0.372. The van der Waals surface area contributed by atoms with E-state index in [0.717, 1.165) is 28.1 Å². The third-order valence-corrected chi connectivity index (χ3v) is 4.78. The highest BCUT2D eigenvalue weighted by molar-refractivity contribution is 5.80. The number of aromatic nitrogens is 2. The fraction of sp³-hybridized carbons (Fsp3) is 0. The van der Waals surface area contributed by atoms with Gasteiger partial charge in [0.2, 0.25) is 0 Å². The molecule has 29 heavy (non-hydrogen) atoms. The van der Waals surface area contributed by atoms with E-state index in [1.165, 1.54) is 12.1 Å². The zero-order valence-electron chi connectivity index (χ0n) is 15.5. The number of hydrogen-bond donors (Lipinski definition) is 1. The van der Waals surface area contributed by atoms with Crippen LogP contribution in [0.1, 0.15) is 0 Å². The van der Waals surface area contributed by atoms with E-state index in [2.05, 4.69) is 17.1 Å². The van der Waals surface area contributed by atoms with Crippen LogP contribution < -0.4 is 0 Å². The second-order valence-electron chi connectivity index (χ2n) is 6.71. The van der Waals surface area contributed by atoms with Gasteiger partial charge in [0.1, 0.15) is 11.6 Å². The van der Waals surface area contributed by atoms with Crippen molar-refractivity contribution in [2.75, 3.05) is 0 Å². The normalized spacial score (nSPS) is 10.9. The first-order valence-electron chi connectivity index (χ1n) is 9.35. The second-order valence-corrected chi connectivity index (χ2v) is 6.71. The molecule has 0 unspecified atom stereocenters. The number of hydrogen-bond acceptors (Lipinski definition) is 2. The number of benzene rings is 3. The van der Waals surface area contributed by atoms with Gasteiger partial charge in [-0.15, -0.1) is 0 Å². The number of aromatic amines is 1. The minimum atomic E-state index is -0.272. The van der Waals surface area contributed by atoms with Crippen molar-refractivity contribution in [3.8, 4) is 45.4 Å². The topological polar surface area (TPSA) is 41.8 Å². The zero-order valence-corrected chi connectivity index (χ0v) is 15.5. The Morgan fingerprint density at radius 3 is 1.93 bits per heavy atom. The molecule has 1 N–H and O–H groups in total. The molecular formula is C25H17FN2O. The van der Waals surface area contributed by atoms with Gasteiger partial charge in [-0.1, -0.05) is 60.7 Å². The van der Waals surface area contributed by atoms with Crippen LogP contribution in [0.25, 0.3) is 45.4 Å². The van der Waals surface area contributed by atoms with Gasteiger partial charge in [-0.2, -0.15) is 0 Å². The van der Waals surface area contributed by atoms with Gasteiger partial charge >= 0.3 is 0 Å². The third-order valence-electron chi connectivity index (χ3n) is 4.78. The summed E-state index contributed by atoms with van der Waals surface area (Å²) in [6.45, 7) is 0. The average molecular weight is 380 g/mol. The molecule has 0 fully saturated rings. The highest BCUT2D eigenvalue weighted by Gasteiger charge is 2.17. The van der Waals surface area contributed by atoms with E-state index in [0.29, 0.717) is 17.3 Å². The monoisotopic (exact) mass is 380 g/mol. The van der Waals surface area contributed by atoms with Gasteiger partial charge in [0.05, 0.1) is 11.4 Å². The van der Waals surface area contributed by atoms with E-state index in [9.17, 15) is 4.39 Å². The first-order chi connectivity index (χ1) is 14.3. The Bertz CT molecular complexity index is 1180. The molecule has 0 bridgehead atoms. The van der Waals surface area contributed by atoms with Crippen molar-refractivity contribution in [3.63, 3.8) is 0 Å². The van der Waals surface area contributed by atoms with E-state index in [4.69, 9.17) is 9.40 Å². The Morgan fingerprint density at radius 1 is 0.621 bits per heavy atom. The molecule has 0 atom stereocenters. The second kappa shape index (κ2) is 7.24. The number of nitrogens with zero attached hydrogens (tertiary/aromatic N) is 1. The fourth-order valence-corrected chi connectivity index (χ4v) is 3.34. The van der Waals surface area contributed by atoms with Crippen LogP contribution in [0, 0.1) is 5.82 Å². The van der Waals surface area contributed by atoms with Gasteiger partial charge in [-0.3, -0.25) is 0 Å². The van der Waals surface area contributed by atoms with Crippen molar-refractivity contribution in [1.82, 2.24) is 9.97 Å². The summed E-state index contributed by atoms with van der Waals surface area (Å²) in [6.07, 6.45) is 0. The van der Waals surface area contributed by atoms with Crippen molar-refractivity contribution in [3.05, 3.63) is 103 Å². The molecule has 0 radical (unpaired) electrons. The lowest BCUT2D eigenvalue weighted by Gasteiger charge is -2.02. The van der Waals surface area contributed by atoms with E-state index in [1.807, 2.05) is 60.7 Å². The van der Waals surface area contributed by atoms with Crippen LogP contribution in [0.2, 0.25) is 0 Å². The molecule has 0 saturated carbocycles. The zero-order chi connectivity index (χ0) is 19.6. The van der Waals surface area contributed by atoms with Crippen molar-refractivity contribution < 1.29 is 8.81 Å². The molecule has 0 amide bonds. The molecule has 140 valence electrons. The Balaban J connectivity index is 1.60. The van der Waals surface area contributed by atoms with Gasteiger partial charge < -0.3 is 9.40 Å². The van der Waals surface area contributed by atoms with Crippen LogP contribution in [0.15, 0.2) is 101 Å². The van der Waals surface area contributed by atoms with Gasteiger partial charge in [-0.25, -0.2) is 9.37 Å². The standard InChI is InChI=1S/C25H17FN2O/c26-20-13-11-17(12-14-20)21-15-16-22(29-21)25-27-23(18-7-3-1-4-8-18)24(28-25)19-9-5-2-6-10-19/h1-16H,(H,27,28). The Morgan fingerprint density at radius 2 is 1.24 bits per heavy atom. The summed E-state index contributed by atoms with van der Waals surface area (Å²) in [7, 11) is 0. The molecule has 5 aromatic rings. The van der Waals surface area contributed by atoms with Gasteiger partial charge in [0.25, 0.3) is 0 Å². The highest BCUT2D eigenvalue weighted by atomic mass is 19.1. The van der Waals surface area contributed by atoms with Gasteiger partial charge in [0.15, 0.2) is 11.6 Å². The van der Waals surface area contributed by atoms with Crippen molar-refractivity contribution >= 4 is 0 Å². The highest BCUT2D eigenvalue weighted by Crippen LogP contribution is 2.34. The van der Waals surface area contributed by atoms with Crippen molar-refractivity contribution in [2.24, 2.45) is 0 Å². The van der Waals surface area contributed by atoms with E-state index < -0.39 is 0 Å². The number of imidazole rings is 1. The molecule has 0 saturated heterocycles. The predicted octanol–water partition coefficient (Wildman–Crippen LogP) is 6.81. The predicted molar refractivity (Wildman–Crippen MR) is 113 cm³/mol. The molecule has 0 aliphatic carbocycles. The molecular weight excluding hydrogens is 363 g/mol. The maximum atomic E-state index is 13.2. The van der Waals surface area contributed by atoms with E-state index >= 15 is 0 Å². The molecule has 0 aliphatic rings. The molecule has 5 rings (SSSR count). The van der Waals surface area contributed by atoms with Crippen LogP contribution in [0.3, 0.4) is 0 Å². The summed E-state index contributed by atoms with van der Waals surface area (Å²) >= 11 is 0. The molecule has 2 heterocycles. The number of H-pyrrole nitrogens is 1. The maximum Gasteiger partial charge on any atom is 0.174 e. The molecule has 0 spiro atoms. The molecule has 3 aromatic carbocycles. The third kappa shape index (κ3) is 3.36. The summed E-state index contributed by atoms with van der Waals surface area (Å²) in [5, 5.41) is 0. The molecule has 3 nitrogen and oxygen atoms in total. The largest absolute Gasteiger partial charge is 0.453 e.